The zero-order valence-corrected chi connectivity index (χ0v) is 12.0. The third kappa shape index (κ3) is 3.62. The van der Waals surface area contributed by atoms with Crippen LogP contribution in [0.1, 0.15) is 26.1 Å². The van der Waals surface area contributed by atoms with E-state index < -0.39 is 0 Å². The van der Waals surface area contributed by atoms with Gasteiger partial charge in [-0.25, -0.2) is 4.98 Å². The maximum atomic E-state index is 11.8. The van der Waals surface area contributed by atoms with Gasteiger partial charge >= 0.3 is 0 Å². The molecule has 0 amide bonds. The van der Waals surface area contributed by atoms with Crippen LogP contribution >= 0.6 is 11.3 Å². The van der Waals surface area contributed by atoms with Crippen LogP contribution in [0.2, 0.25) is 0 Å². The number of nitrogens with zero attached hydrogens (tertiary/aromatic N) is 1. The first-order valence-corrected chi connectivity index (χ1v) is 7.18. The first-order valence-electron chi connectivity index (χ1n) is 6.30. The van der Waals surface area contributed by atoms with E-state index in [0.717, 1.165) is 18.5 Å². The number of rotatable bonds is 6. The highest BCUT2D eigenvalue weighted by atomic mass is 32.1. The number of fused-ring (bicyclic) bond motifs is 1. The first kappa shape index (κ1) is 14.2. The lowest BCUT2D eigenvalue weighted by molar-refractivity contribution is 0.206. The van der Waals surface area contributed by atoms with Crippen LogP contribution in [0.3, 0.4) is 0 Å². The highest BCUT2D eigenvalue weighted by Crippen LogP contribution is 2.18. The van der Waals surface area contributed by atoms with Gasteiger partial charge in [-0.2, -0.15) is 0 Å². The minimum absolute atomic E-state index is 0.0293. The van der Waals surface area contributed by atoms with Crippen LogP contribution in [0.15, 0.2) is 16.2 Å². The van der Waals surface area contributed by atoms with Crippen LogP contribution in [-0.4, -0.2) is 28.2 Å². The second-order valence-electron chi connectivity index (χ2n) is 5.39. The quantitative estimate of drug-likeness (QED) is 0.749. The predicted molar refractivity (Wildman–Crippen MR) is 77.4 cm³/mol. The molecule has 0 unspecified atom stereocenters. The number of aliphatic hydroxyl groups excluding tert-OH is 1. The molecule has 2 aromatic heterocycles. The van der Waals surface area contributed by atoms with Crippen molar-refractivity contribution in [2.45, 2.75) is 26.8 Å². The fraction of sp³-hybridized carbons (Fsp3) is 0.538. The van der Waals surface area contributed by atoms with E-state index in [1.165, 1.54) is 11.3 Å². The number of hydrogen-bond donors (Lipinski definition) is 3. The summed E-state index contributed by atoms with van der Waals surface area (Å²) in [6.07, 6.45) is 0.744. The van der Waals surface area contributed by atoms with Gasteiger partial charge in [0.1, 0.15) is 10.5 Å². The predicted octanol–water partition coefficient (Wildman–Crippen LogP) is 1.48. The number of aliphatic hydroxyl groups is 1. The monoisotopic (exact) mass is 281 g/mol. The molecule has 0 saturated carbocycles. The number of hydrogen-bond acceptors (Lipinski definition) is 5. The zero-order valence-electron chi connectivity index (χ0n) is 11.2. The molecule has 0 spiro atoms. The minimum atomic E-state index is -0.0774. The zero-order chi connectivity index (χ0) is 13.9. The van der Waals surface area contributed by atoms with Gasteiger partial charge in [0, 0.05) is 13.2 Å². The molecule has 6 heteroatoms. The van der Waals surface area contributed by atoms with Crippen LogP contribution < -0.4 is 10.9 Å². The number of H-pyrrole nitrogens is 1. The van der Waals surface area contributed by atoms with Gasteiger partial charge in [-0.15, -0.1) is 11.3 Å². The Hall–Kier alpha value is -1.24. The van der Waals surface area contributed by atoms with Gasteiger partial charge in [-0.3, -0.25) is 4.79 Å². The summed E-state index contributed by atoms with van der Waals surface area (Å²) >= 11 is 1.40. The molecule has 0 saturated heterocycles. The summed E-state index contributed by atoms with van der Waals surface area (Å²) in [5.74, 6) is 0.649. The van der Waals surface area contributed by atoms with Crippen molar-refractivity contribution in [3.05, 3.63) is 27.6 Å². The molecule has 2 rings (SSSR count). The summed E-state index contributed by atoms with van der Waals surface area (Å²) in [4.78, 5) is 19.0. The van der Waals surface area contributed by atoms with Crippen molar-refractivity contribution in [1.82, 2.24) is 15.3 Å². The highest BCUT2D eigenvalue weighted by molar-refractivity contribution is 7.17. The van der Waals surface area contributed by atoms with Gasteiger partial charge in [-0.1, -0.05) is 13.8 Å². The SMILES string of the molecule is CC(C)(CCO)CNCc1nc2ccsc2c(=O)[nH]1. The van der Waals surface area contributed by atoms with E-state index in [2.05, 4.69) is 29.1 Å². The van der Waals surface area contributed by atoms with Crippen LogP contribution in [0.5, 0.6) is 0 Å². The fourth-order valence-corrected chi connectivity index (χ4v) is 2.64. The lowest BCUT2D eigenvalue weighted by Crippen LogP contribution is -2.31. The Morgan fingerprint density at radius 1 is 1.53 bits per heavy atom. The molecule has 0 aromatic carbocycles. The smallest absolute Gasteiger partial charge is 0.268 e. The standard InChI is InChI=1S/C13H19N3O2S/c1-13(2,4-5-17)8-14-7-10-15-9-3-6-19-11(9)12(18)16-10/h3,6,14,17H,4-5,7-8H2,1-2H3,(H,15,16,18). The van der Waals surface area contributed by atoms with Crippen molar-refractivity contribution in [1.29, 1.82) is 0 Å². The van der Waals surface area contributed by atoms with Crippen LogP contribution in [0, 0.1) is 5.41 Å². The third-order valence-corrected chi connectivity index (χ3v) is 3.95. The van der Waals surface area contributed by atoms with E-state index in [-0.39, 0.29) is 17.6 Å². The Bertz CT molecular complexity index is 603. The molecular formula is C13H19N3O2S. The molecule has 0 fully saturated rings. The van der Waals surface area contributed by atoms with Gasteiger partial charge in [0.05, 0.1) is 12.1 Å². The van der Waals surface area contributed by atoms with E-state index in [1.54, 1.807) is 0 Å². The average Bonchev–Trinajstić information content (AvgIpc) is 2.77. The Balaban J connectivity index is 2.00. The van der Waals surface area contributed by atoms with Crippen molar-refractivity contribution < 1.29 is 5.11 Å². The number of aromatic nitrogens is 2. The maximum absolute atomic E-state index is 11.8. The first-order chi connectivity index (χ1) is 9.02. The van der Waals surface area contributed by atoms with Gasteiger partial charge < -0.3 is 15.4 Å². The Kier molecular flexibility index (Phi) is 4.34. The molecule has 0 aliphatic heterocycles. The minimum Gasteiger partial charge on any atom is -0.396 e. The number of thiophene rings is 1. The summed E-state index contributed by atoms with van der Waals surface area (Å²) < 4.78 is 0.671. The molecule has 0 radical (unpaired) electrons. The second kappa shape index (κ2) is 5.81. The molecule has 2 heterocycles. The molecule has 5 nitrogen and oxygen atoms in total. The number of aromatic amines is 1. The van der Waals surface area contributed by atoms with Crippen molar-refractivity contribution in [2.75, 3.05) is 13.2 Å². The largest absolute Gasteiger partial charge is 0.396 e. The van der Waals surface area contributed by atoms with Crippen LogP contribution in [0.4, 0.5) is 0 Å². The molecule has 0 atom stereocenters. The molecule has 19 heavy (non-hydrogen) atoms. The molecular weight excluding hydrogens is 262 g/mol. The van der Waals surface area contributed by atoms with E-state index in [9.17, 15) is 4.79 Å². The van der Waals surface area contributed by atoms with E-state index in [0.29, 0.717) is 17.1 Å². The Labute approximate surface area is 115 Å². The highest BCUT2D eigenvalue weighted by Gasteiger charge is 2.16. The van der Waals surface area contributed by atoms with Crippen molar-refractivity contribution in [3.63, 3.8) is 0 Å². The Morgan fingerprint density at radius 2 is 2.32 bits per heavy atom. The Morgan fingerprint density at radius 3 is 3.05 bits per heavy atom. The third-order valence-electron chi connectivity index (χ3n) is 3.05. The summed E-state index contributed by atoms with van der Waals surface area (Å²) in [5, 5.41) is 14.1. The normalized spacial score (nSPS) is 12.2. The topological polar surface area (TPSA) is 78.0 Å². The van der Waals surface area contributed by atoms with Gasteiger partial charge in [0.2, 0.25) is 0 Å². The summed E-state index contributed by atoms with van der Waals surface area (Å²) in [5.41, 5.74) is 0.702. The molecule has 2 aromatic rings. The van der Waals surface area contributed by atoms with Crippen LogP contribution in [0.25, 0.3) is 10.2 Å². The summed E-state index contributed by atoms with van der Waals surface area (Å²) in [6, 6.07) is 1.86. The second-order valence-corrected chi connectivity index (χ2v) is 6.31. The van der Waals surface area contributed by atoms with Gasteiger partial charge in [0.25, 0.3) is 5.56 Å². The van der Waals surface area contributed by atoms with Crippen molar-refractivity contribution >= 4 is 21.6 Å². The lowest BCUT2D eigenvalue weighted by atomic mass is 9.90. The summed E-state index contributed by atoms with van der Waals surface area (Å²) in [6.45, 7) is 5.66. The van der Waals surface area contributed by atoms with E-state index in [1.807, 2.05) is 11.4 Å². The molecule has 104 valence electrons. The van der Waals surface area contributed by atoms with Crippen LogP contribution in [-0.2, 0) is 6.54 Å². The molecule has 0 bridgehead atoms. The van der Waals surface area contributed by atoms with Crippen molar-refractivity contribution in [3.8, 4) is 0 Å². The van der Waals surface area contributed by atoms with Gasteiger partial charge in [-0.05, 0) is 23.3 Å². The maximum Gasteiger partial charge on any atom is 0.268 e. The van der Waals surface area contributed by atoms with Gasteiger partial charge in [0.15, 0.2) is 0 Å². The molecule has 0 aliphatic carbocycles. The van der Waals surface area contributed by atoms with E-state index >= 15 is 0 Å². The van der Waals surface area contributed by atoms with E-state index in [4.69, 9.17) is 5.11 Å². The molecule has 0 aliphatic rings. The number of nitrogens with one attached hydrogen (secondary N) is 2. The van der Waals surface area contributed by atoms with Crippen molar-refractivity contribution in [2.24, 2.45) is 5.41 Å². The fourth-order valence-electron chi connectivity index (χ4n) is 1.92. The average molecular weight is 281 g/mol. The summed E-state index contributed by atoms with van der Waals surface area (Å²) in [7, 11) is 0. The lowest BCUT2D eigenvalue weighted by Gasteiger charge is -2.23. The molecule has 3 N–H and O–H groups in total.